The summed E-state index contributed by atoms with van der Waals surface area (Å²) in [6, 6.07) is 21.1. The van der Waals surface area contributed by atoms with Crippen LogP contribution in [-0.4, -0.2) is 25.4 Å². The number of nitrogens with zero attached hydrogens (tertiary/aromatic N) is 4. The number of hydrogen-bond acceptors (Lipinski definition) is 6. The van der Waals surface area contributed by atoms with Gasteiger partial charge in [0.1, 0.15) is 24.7 Å². The Morgan fingerprint density at radius 1 is 1.00 bits per heavy atom. The SMILES string of the molecule is O=C(Cn1c(COc2ccccc2)nc2ccccc21)Nc1nc(-c2cccnc2)cs1. The Morgan fingerprint density at radius 2 is 1.84 bits per heavy atom. The van der Waals surface area contributed by atoms with Gasteiger partial charge in [-0.05, 0) is 36.4 Å². The molecule has 0 aliphatic carbocycles. The molecule has 7 nitrogen and oxygen atoms in total. The van der Waals surface area contributed by atoms with Gasteiger partial charge in [0, 0.05) is 23.3 Å². The molecule has 8 heteroatoms. The van der Waals surface area contributed by atoms with Crippen LogP contribution in [0.25, 0.3) is 22.3 Å². The predicted molar refractivity (Wildman–Crippen MR) is 124 cm³/mol. The second-order valence-corrected chi connectivity index (χ2v) is 7.89. The van der Waals surface area contributed by atoms with E-state index in [1.165, 1.54) is 11.3 Å². The van der Waals surface area contributed by atoms with Crippen LogP contribution in [0, 0.1) is 0 Å². The van der Waals surface area contributed by atoms with Crippen LogP contribution in [0.5, 0.6) is 5.75 Å². The molecule has 0 fully saturated rings. The van der Waals surface area contributed by atoms with E-state index in [0.717, 1.165) is 28.0 Å². The summed E-state index contributed by atoms with van der Waals surface area (Å²) in [5.74, 6) is 1.25. The van der Waals surface area contributed by atoms with Gasteiger partial charge in [-0.25, -0.2) is 9.97 Å². The minimum Gasteiger partial charge on any atom is -0.486 e. The van der Waals surface area contributed by atoms with Crippen molar-refractivity contribution < 1.29 is 9.53 Å². The van der Waals surface area contributed by atoms with Gasteiger partial charge in [0.05, 0.1) is 16.7 Å². The second kappa shape index (κ2) is 8.99. The number of pyridine rings is 1. The Hall–Kier alpha value is -4.04. The van der Waals surface area contributed by atoms with Crippen LogP contribution in [-0.2, 0) is 17.9 Å². The molecule has 5 aromatic rings. The summed E-state index contributed by atoms with van der Waals surface area (Å²) < 4.78 is 7.76. The van der Waals surface area contributed by atoms with Crippen molar-refractivity contribution in [1.82, 2.24) is 19.5 Å². The highest BCUT2D eigenvalue weighted by molar-refractivity contribution is 7.14. The highest BCUT2D eigenvalue weighted by atomic mass is 32.1. The van der Waals surface area contributed by atoms with Crippen LogP contribution in [0.15, 0.2) is 84.5 Å². The topological polar surface area (TPSA) is 81.9 Å². The molecule has 158 valence electrons. The highest BCUT2D eigenvalue weighted by Crippen LogP contribution is 2.24. The number of amides is 1. The number of ether oxygens (including phenoxy) is 1. The number of anilines is 1. The van der Waals surface area contributed by atoms with E-state index < -0.39 is 0 Å². The lowest BCUT2D eigenvalue weighted by Gasteiger charge is -2.10. The molecular weight excluding hydrogens is 422 g/mol. The van der Waals surface area contributed by atoms with Crippen molar-refractivity contribution in [2.45, 2.75) is 13.2 Å². The van der Waals surface area contributed by atoms with Crippen molar-refractivity contribution in [3.63, 3.8) is 0 Å². The summed E-state index contributed by atoms with van der Waals surface area (Å²) in [6.45, 7) is 0.365. The fourth-order valence-corrected chi connectivity index (χ4v) is 4.09. The molecule has 0 radical (unpaired) electrons. The number of rotatable bonds is 7. The minimum absolute atomic E-state index is 0.107. The molecule has 0 spiro atoms. The third-order valence-electron chi connectivity index (χ3n) is 4.85. The highest BCUT2D eigenvalue weighted by Gasteiger charge is 2.15. The normalized spacial score (nSPS) is 10.9. The Balaban J connectivity index is 1.34. The standard InChI is InChI=1S/C24H19N5O2S/c30-23(28-24-27-20(16-32-24)17-7-6-12-25-13-17)14-29-21-11-5-4-10-19(21)26-22(29)15-31-18-8-2-1-3-9-18/h1-13,16H,14-15H2,(H,27,28,30). The predicted octanol–water partition coefficient (Wildman–Crippen LogP) is 4.77. The molecule has 1 amide bonds. The zero-order valence-corrected chi connectivity index (χ0v) is 17.8. The van der Waals surface area contributed by atoms with Crippen molar-refractivity contribution in [3.05, 3.63) is 90.3 Å². The number of aromatic nitrogens is 4. The van der Waals surface area contributed by atoms with E-state index in [1.54, 1.807) is 12.4 Å². The molecule has 5 rings (SSSR count). The Labute approximate surface area is 188 Å². The van der Waals surface area contributed by atoms with E-state index in [1.807, 2.05) is 76.7 Å². The first-order valence-corrected chi connectivity index (χ1v) is 10.9. The molecule has 0 saturated heterocycles. The number of thiazole rings is 1. The molecule has 3 heterocycles. The average molecular weight is 442 g/mol. The van der Waals surface area contributed by atoms with E-state index in [2.05, 4.69) is 20.3 Å². The maximum absolute atomic E-state index is 12.8. The van der Waals surface area contributed by atoms with Gasteiger partial charge >= 0.3 is 0 Å². The summed E-state index contributed by atoms with van der Waals surface area (Å²) in [4.78, 5) is 26.1. The maximum atomic E-state index is 12.8. The number of imidazole rings is 1. The number of para-hydroxylation sites is 3. The lowest BCUT2D eigenvalue weighted by molar-refractivity contribution is -0.116. The van der Waals surface area contributed by atoms with E-state index in [4.69, 9.17) is 4.74 Å². The van der Waals surface area contributed by atoms with Crippen LogP contribution < -0.4 is 10.1 Å². The second-order valence-electron chi connectivity index (χ2n) is 7.03. The molecule has 0 aliphatic heterocycles. The van der Waals surface area contributed by atoms with Gasteiger partial charge in [0.15, 0.2) is 5.13 Å². The molecule has 0 atom stereocenters. The zero-order valence-electron chi connectivity index (χ0n) is 17.0. The molecule has 0 saturated carbocycles. The van der Waals surface area contributed by atoms with Crippen LogP contribution in [0.4, 0.5) is 5.13 Å². The molecule has 1 N–H and O–H groups in total. The quantitative estimate of drug-likeness (QED) is 0.393. The third-order valence-corrected chi connectivity index (χ3v) is 5.61. The largest absolute Gasteiger partial charge is 0.486 e. The molecule has 0 aliphatic rings. The lowest BCUT2D eigenvalue weighted by Crippen LogP contribution is -2.20. The Kier molecular flexibility index (Phi) is 5.59. The van der Waals surface area contributed by atoms with E-state index in [9.17, 15) is 4.79 Å². The van der Waals surface area contributed by atoms with Crippen molar-refractivity contribution in [2.75, 3.05) is 5.32 Å². The summed E-state index contributed by atoms with van der Waals surface area (Å²) in [5.41, 5.74) is 3.39. The third kappa shape index (κ3) is 4.35. The van der Waals surface area contributed by atoms with Crippen LogP contribution >= 0.6 is 11.3 Å². The van der Waals surface area contributed by atoms with E-state index >= 15 is 0 Å². The summed E-state index contributed by atoms with van der Waals surface area (Å²) in [5, 5.41) is 5.34. The van der Waals surface area contributed by atoms with Crippen LogP contribution in [0.2, 0.25) is 0 Å². The van der Waals surface area contributed by atoms with Gasteiger partial charge in [-0.1, -0.05) is 30.3 Å². The number of nitrogens with one attached hydrogen (secondary N) is 1. The van der Waals surface area contributed by atoms with Gasteiger partial charge < -0.3 is 14.6 Å². The van der Waals surface area contributed by atoms with Crippen molar-refractivity contribution in [2.24, 2.45) is 0 Å². The minimum atomic E-state index is -0.179. The first-order valence-electron chi connectivity index (χ1n) is 10.0. The van der Waals surface area contributed by atoms with Crippen molar-refractivity contribution in [1.29, 1.82) is 0 Å². The Bertz CT molecular complexity index is 1350. The molecule has 0 unspecified atom stereocenters. The monoisotopic (exact) mass is 441 g/mol. The van der Waals surface area contributed by atoms with Crippen molar-refractivity contribution in [3.8, 4) is 17.0 Å². The number of carbonyl (C=O) groups is 1. The molecule has 0 bridgehead atoms. The first kappa shape index (κ1) is 19.9. The van der Waals surface area contributed by atoms with Gasteiger partial charge in [0.2, 0.25) is 5.91 Å². The Morgan fingerprint density at radius 3 is 2.69 bits per heavy atom. The summed E-state index contributed by atoms with van der Waals surface area (Å²) >= 11 is 1.38. The lowest BCUT2D eigenvalue weighted by atomic mass is 10.2. The van der Waals surface area contributed by atoms with Gasteiger partial charge in [-0.3, -0.25) is 9.78 Å². The fraction of sp³-hybridized carbons (Fsp3) is 0.0833. The summed E-state index contributed by atoms with van der Waals surface area (Å²) in [7, 11) is 0. The molecular formula is C24H19N5O2S. The van der Waals surface area contributed by atoms with Crippen molar-refractivity contribution >= 4 is 33.4 Å². The van der Waals surface area contributed by atoms with Gasteiger partial charge in [-0.2, -0.15) is 0 Å². The van der Waals surface area contributed by atoms with E-state index in [0.29, 0.717) is 11.0 Å². The smallest absolute Gasteiger partial charge is 0.246 e. The number of fused-ring (bicyclic) bond motifs is 1. The van der Waals surface area contributed by atoms with Crippen LogP contribution in [0.1, 0.15) is 5.82 Å². The number of carbonyl (C=O) groups excluding carboxylic acids is 1. The first-order chi connectivity index (χ1) is 15.8. The maximum Gasteiger partial charge on any atom is 0.246 e. The average Bonchev–Trinajstić information content (AvgIpc) is 3.44. The van der Waals surface area contributed by atoms with Gasteiger partial charge in [0.25, 0.3) is 0 Å². The van der Waals surface area contributed by atoms with E-state index in [-0.39, 0.29) is 19.1 Å². The molecule has 2 aromatic carbocycles. The van der Waals surface area contributed by atoms with Gasteiger partial charge in [-0.15, -0.1) is 11.3 Å². The fourth-order valence-electron chi connectivity index (χ4n) is 3.36. The molecule has 32 heavy (non-hydrogen) atoms. The van der Waals surface area contributed by atoms with Crippen LogP contribution in [0.3, 0.4) is 0 Å². The number of benzene rings is 2. The summed E-state index contributed by atoms with van der Waals surface area (Å²) in [6.07, 6.45) is 3.46. The zero-order chi connectivity index (χ0) is 21.8. The number of hydrogen-bond donors (Lipinski definition) is 1. The molecule has 3 aromatic heterocycles.